The third kappa shape index (κ3) is 4.46. The smallest absolute Gasteiger partial charge is 0.394 e. The molecule has 1 aliphatic rings. The zero-order chi connectivity index (χ0) is 25.4. The zero-order valence-corrected chi connectivity index (χ0v) is 20.4. The van der Waals surface area contributed by atoms with E-state index in [1.54, 1.807) is 4.52 Å². The number of aryl methyl sites for hydroxylation is 2. The highest BCUT2D eigenvalue weighted by Gasteiger charge is 2.31. The molecule has 3 heterocycles. The first-order valence-electron chi connectivity index (χ1n) is 12.3. The van der Waals surface area contributed by atoms with Crippen molar-refractivity contribution in [2.24, 2.45) is 0 Å². The summed E-state index contributed by atoms with van der Waals surface area (Å²) < 4.78 is 41.4. The number of anilines is 1. The van der Waals surface area contributed by atoms with Crippen LogP contribution in [-0.2, 0) is 12.6 Å². The molecule has 5 nitrogen and oxygen atoms in total. The predicted molar refractivity (Wildman–Crippen MR) is 135 cm³/mol. The lowest BCUT2D eigenvalue weighted by atomic mass is 10.0. The van der Waals surface area contributed by atoms with Gasteiger partial charge in [0.2, 0.25) is 0 Å². The van der Waals surface area contributed by atoms with Crippen LogP contribution in [0.2, 0.25) is 0 Å². The summed E-state index contributed by atoms with van der Waals surface area (Å²) in [5, 5.41) is 14.9. The molecule has 0 amide bonds. The zero-order valence-electron chi connectivity index (χ0n) is 20.4. The van der Waals surface area contributed by atoms with E-state index in [2.05, 4.69) is 36.1 Å². The molecule has 1 saturated heterocycles. The van der Waals surface area contributed by atoms with Crippen molar-refractivity contribution in [3.05, 3.63) is 71.4 Å². The van der Waals surface area contributed by atoms with E-state index in [1.165, 1.54) is 12.1 Å². The second-order valence-corrected chi connectivity index (χ2v) is 9.42. The van der Waals surface area contributed by atoms with Crippen LogP contribution in [-0.4, -0.2) is 38.9 Å². The Morgan fingerprint density at radius 2 is 1.72 bits per heavy atom. The van der Waals surface area contributed by atoms with Gasteiger partial charge in [-0.15, -0.1) is 0 Å². The van der Waals surface area contributed by atoms with Crippen molar-refractivity contribution < 1.29 is 18.3 Å². The Morgan fingerprint density at radius 3 is 2.36 bits per heavy atom. The summed E-state index contributed by atoms with van der Waals surface area (Å²) in [6, 6.07) is 15.2. The van der Waals surface area contributed by atoms with E-state index in [4.69, 9.17) is 10.1 Å². The van der Waals surface area contributed by atoms with Crippen molar-refractivity contribution in [1.82, 2.24) is 14.6 Å². The SMILES string of the molecule is CCCc1nn2c(-c3ccc(C(F)(F)F)cc3)cc(N3CCC[C@H]3CO)nc2c1-c1ccc(C)cc1. The van der Waals surface area contributed by atoms with E-state index in [1.807, 2.05) is 13.0 Å². The third-order valence-corrected chi connectivity index (χ3v) is 6.87. The molecule has 8 heteroatoms. The summed E-state index contributed by atoms with van der Waals surface area (Å²) >= 11 is 0. The number of fused-ring (bicyclic) bond motifs is 1. The number of hydrogen-bond acceptors (Lipinski definition) is 4. The minimum Gasteiger partial charge on any atom is -0.394 e. The lowest BCUT2D eigenvalue weighted by Crippen LogP contribution is -2.32. The first-order valence-corrected chi connectivity index (χ1v) is 12.3. The number of aromatic nitrogens is 3. The lowest BCUT2D eigenvalue weighted by Gasteiger charge is -2.25. The molecule has 1 N–H and O–H groups in total. The van der Waals surface area contributed by atoms with Crippen molar-refractivity contribution >= 4 is 11.5 Å². The molecule has 1 atom stereocenters. The van der Waals surface area contributed by atoms with Crippen molar-refractivity contribution in [3.8, 4) is 22.4 Å². The minimum absolute atomic E-state index is 0.0215. The van der Waals surface area contributed by atoms with Crippen LogP contribution in [0.3, 0.4) is 0 Å². The fourth-order valence-electron chi connectivity index (χ4n) is 4.99. The van der Waals surface area contributed by atoms with Crippen LogP contribution in [0.15, 0.2) is 54.6 Å². The van der Waals surface area contributed by atoms with Gasteiger partial charge in [-0.3, -0.25) is 0 Å². The van der Waals surface area contributed by atoms with Gasteiger partial charge in [-0.05, 0) is 43.9 Å². The second kappa shape index (κ2) is 9.58. The molecule has 2 aromatic heterocycles. The molecule has 0 unspecified atom stereocenters. The van der Waals surface area contributed by atoms with Gasteiger partial charge in [0.15, 0.2) is 5.65 Å². The average Bonchev–Trinajstić information content (AvgIpc) is 3.48. The molecule has 0 bridgehead atoms. The summed E-state index contributed by atoms with van der Waals surface area (Å²) in [6.45, 7) is 4.91. The van der Waals surface area contributed by atoms with Gasteiger partial charge < -0.3 is 10.0 Å². The number of rotatable bonds is 6. The fourth-order valence-corrected chi connectivity index (χ4v) is 4.99. The van der Waals surface area contributed by atoms with Crippen LogP contribution in [0.5, 0.6) is 0 Å². The second-order valence-electron chi connectivity index (χ2n) is 9.42. The molecule has 188 valence electrons. The van der Waals surface area contributed by atoms with Crippen LogP contribution in [0, 0.1) is 6.92 Å². The molecule has 1 aliphatic heterocycles. The summed E-state index contributed by atoms with van der Waals surface area (Å²) in [5.41, 5.74) is 5.25. The molecule has 0 spiro atoms. The summed E-state index contributed by atoms with van der Waals surface area (Å²) in [4.78, 5) is 7.13. The topological polar surface area (TPSA) is 53.7 Å². The highest BCUT2D eigenvalue weighted by atomic mass is 19.4. The third-order valence-electron chi connectivity index (χ3n) is 6.87. The van der Waals surface area contributed by atoms with Crippen molar-refractivity contribution in [2.75, 3.05) is 18.1 Å². The molecular weight excluding hydrogens is 465 g/mol. The van der Waals surface area contributed by atoms with Gasteiger partial charge in [0.05, 0.1) is 29.6 Å². The summed E-state index contributed by atoms with van der Waals surface area (Å²) in [7, 11) is 0. The normalized spacial score (nSPS) is 16.3. The van der Waals surface area contributed by atoms with Gasteiger partial charge in [0.25, 0.3) is 0 Å². The van der Waals surface area contributed by atoms with Crippen LogP contribution < -0.4 is 4.90 Å². The van der Waals surface area contributed by atoms with Gasteiger partial charge in [0, 0.05) is 23.7 Å². The van der Waals surface area contributed by atoms with Crippen LogP contribution >= 0.6 is 0 Å². The first-order chi connectivity index (χ1) is 17.3. The fraction of sp³-hybridized carbons (Fsp3) is 0.357. The van der Waals surface area contributed by atoms with E-state index in [9.17, 15) is 18.3 Å². The van der Waals surface area contributed by atoms with Crippen LogP contribution in [0.25, 0.3) is 28.0 Å². The Hall–Kier alpha value is -3.39. The largest absolute Gasteiger partial charge is 0.416 e. The maximum Gasteiger partial charge on any atom is 0.416 e. The Bertz CT molecular complexity index is 1360. The maximum atomic E-state index is 13.2. The first kappa shape index (κ1) is 24.3. The number of aliphatic hydroxyl groups excluding tert-OH is 1. The standard InChI is InChI=1S/C28H29F3N4O/c1-3-5-23-26(20-9-7-18(2)8-10-20)27-32-25(34-15-4-6-22(34)17-36)16-24(35(27)33-23)19-11-13-21(14-12-19)28(29,30)31/h7-14,16,22,36H,3-6,15,17H2,1-2H3/t22-/m0/s1. The Labute approximate surface area is 208 Å². The van der Waals surface area contributed by atoms with Crippen molar-refractivity contribution in [2.45, 2.75) is 51.7 Å². The van der Waals surface area contributed by atoms with Crippen molar-refractivity contribution in [1.29, 1.82) is 0 Å². The molecule has 0 aliphatic carbocycles. The number of aliphatic hydroxyl groups is 1. The van der Waals surface area contributed by atoms with E-state index >= 15 is 0 Å². The molecule has 2 aromatic carbocycles. The monoisotopic (exact) mass is 494 g/mol. The molecule has 36 heavy (non-hydrogen) atoms. The summed E-state index contributed by atoms with van der Waals surface area (Å²) in [5.74, 6) is 0.699. The van der Waals surface area contributed by atoms with Crippen LogP contribution in [0.1, 0.15) is 43.0 Å². The number of nitrogens with zero attached hydrogens (tertiary/aromatic N) is 4. The number of alkyl halides is 3. The quantitative estimate of drug-likeness (QED) is 0.342. The lowest BCUT2D eigenvalue weighted by molar-refractivity contribution is -0.137. The maximum absolute atomic E-state index is 13.2. The number of hydrogen-bond donors (Lipinski definition) is 1. The summed E-state index contributed by atoms with van der Waals surface area (Å²) in [6.07, 6.45) is -0.954. The van der Waals surface area contributed by atoms with Gasteiger partial charge in [-0.2, -0.15) is 18.3 Å². The van der Waals surface area contributed by atoms with E-state index in [-0.39, 0.29) is 12.6 Å². The number of benzene rings is 2. The van der Waals surface area contributed by atoms with E-state index < -0.39 is 11.7 Å². The Kier molecular flexibility index (Phi) is 6.47. The molecule has 4 aromatic rings. The predicted octanol–water partition coefficient (Wildman–Crippen LogP) is 6.30. The Morgan fingerprint density at radius 1 is 1.03 bits per heavy atom. The highest BCUT2D eigenvalue weighted by Crippen LogP contribution is 2.36. The Balaban J connectivity index is 1.76. The van der Waals surface area contributed by atoms with Gasteiger partial charge in [0.1, 0.15) is 5.82 Å². The molecule has 0 radical (unpaired) electrons. The van der Waals surface area contributed by atoms with Crippen LogP contribution in [0.4, 0.5) is 19.0 Å². The average molecular weight is 495 g/mol. The van der Waals surface area contributed by atoms with Crippen molar-refractivity contribution in [3.63, 3.8) is 0 Å². The van der Waals surface area contributed by atoms with Gasteiger partial charge >= 0.3 is 6.18 Å². The highest BCUT2D eigenvalue weighted by molar-refractivity contribution is 5.83. The van der Waals surface area contributed by atoms with Gasteiger partial charge in [-0.1, -0.05) is 55.3 Å². The van der Waals surface area contributed by atoms with E-state index in [0.717, 1.165) is 66.7 Å². The number of halogens is 3. The molecule has 0 saturated carbocycles. The van der Waals surface area contributed by atoms with E-state index in [0.29, 0.717) is 22.7 Å². The van der Waals surface area contributed by atoms with Gasteiger partial charge in [-0.25, -0.2) is 9.50 Å². The molecular formula is C28H29F3N4O. The minimum atomic E-state index is -4.40. The molecule has 5 rings (SSSR count). The molecule has 1 fully saturated rings.